The average molecular weight is 1010 g/mol. The molecule has 4 rings (SSSR count). The van der Waals surface area contributed by atoms with Gasteiger partial charge in [-0.3, -0.25) is 43.2 Å². The number of hydrogen-bond acceptors (Lipinski definition) is 9. The summed E-state index contributed by atoms with van der Waals surface area (Å²) < 4.78 is 0. The van der Waals surface area contributed by atoms with Crippen molar-refractivity contribution in [2.45, 2.75) is 162 Å². The molecule has 4 N–H and O–H groups in total. The van der Waals surface area contributed by atoms with Crippen LogP contribution in [0.2, 0.25) is 0 Å². The standard InChI is InChI=1S/C55H83N9O9/c1-34(2)28-41-52(70)63(12)46(30-36(5)6)55(73)60(9)43(31-39-22-16-13-17-23-39)49(67)57-38(8)51(69)62(11)45(29-35(3)4)54(72)61(10)44(32-40-24-18-14-19-25-40)50(68)59-42(53(71)64-26-20-15-21-27-64)33-47(65)56-37(7)48(66)58-41/h13-14,16-19,22-25,34-38,41-46H,15,20-21,26-33H2,1-12H3,(H,56,65)(H,57,67)(H,58,66)(H,59,68)/t37-,38-,41-,42?,43-,44-,45-,46-/m0/s1. The van der Waals surface area contributed by atoms with Gasteiger partial charge in [-0.05, 0) is 81.3 Å². The fourth-order valence-corrected chi connectivity index (χ4v) is 9.58. The van der Waals surface area contributed by atoms with Crippen LogP contribution >= 0.6 is 0 Å². The van der Waals surface area contributed by atoms with Crippen LogP contribution in [-0.4, -0.2) is 167 Å². The summed E-state index contributed by atoms with van der Waals surface area (Å²) in [5, 5.41) is 11.1. The van der Waals surface area contributed by atoms with Crippen LogP contribution in [0.4, 0.5) is 0 Å². The lowest BCUT2D eigenvalue weighted by atomic mass is 9.97. The molecule has 73 heavy (non-hydrogen) atoms. The first kappa shape index (κ1) is 59.2. The van der Waals surface area contributed by atoms with Gasteiger partial charge >= 0.3 is 0 Å². The summed E-state index contributed by atoms with van der Waals surface area (Å²) >= 11 is 0. The number of amides is 9. The number of carbonyl (C=O) groups excluding carboxylic acids is 9. The number of hydrogen-bond donors (Lipinski definition) is 4. The molecular formula is C55H83N9O9. The Bertz CT molecular complexity index is 2220. The second kappa shape index (κ2) is 27.6. The number of likely N-dealkylation sites (tertiary alicyclic amines) is 1. The smallest absolute Gasteiger partial charge is 0.245 e. The predicted octanol–water partition coefficient (Wildman–Crippen LogP) is 3.31. The first-order valence-electron chi connectivity index (χ1n) is 26.0. The molecule has 8 atom stereocenters. The number of likely N-dealkylation sites (N-methyl/N-ethyl adjacent to an activating group) is 4. The van der Waals surface area contributed by atoms with Crippen molar-refractivity contribution in [2.75, 3.05) is 41.3 Å². The summed E-state index contributed by atoms with van der Waals surface area (Å²) in [6, 6.07) is 8.60. The molecule has 2 fully saturated rings. The molecule has 2 saturated heterocycles. The molecule has 2 aromatic carbocycles. The topological polar surface area (TPSA) is 218 Å². The second-order valence-corrected chi connectivity index (χ2v) is 21.4. The molecule has 1 unspecified atom stereocenters. The summed E-state index contributed by atoms with van der Waals surface area (Å²) in [4.78, 5) is 138. The maximum atomic E-state index is 15.0. The lowest BCUT2D eigenvalue weighted by Crippen LogP contribution is -2.61. The van der Waals surface area contributed by atoms with Crippen molar-refractivity contribution < 1.29 is 43.2 Å². The summed E-state index contributed by atoms with van der Waals surface area (Å²) in [7, 11) is 5.92. The van der Waals surface area contributed by atoms with Crippen LogP contribution in [0.1, 0.15) is 111 Å². The maximum absolute atomic E-state index is 15.0. The maximum Gasteiger partial charge on any atom is 0.245 e. The fraction of sp³-hybridized carbons (Fsp3) is 0.618. The van der Waals surface area contributed by atoms with Crippen molar-refractivity contribution in [3.8, 4) is 0 Å². The molecule has 0 bridgehead atoms. The van der Waals surface area contributed by atoms with Gasteiger partial charge in [0.25, 0.3) is 0 Å². The highest BCUT2D eigenvalue weighted by atomic mass is 16.2. The van der Waals surface area contributed by atoms with Crippen LogP contribution in [0.5, 0.6) is 0 Å². The van der Waals surface area contributed by atoms with E-state index in [1.165, 1.54) is 61.6 Å². The molecule has 9 amide bonds. The van der Waals surface area contributed by atoms with Gasteiger partial charge in [-0.2, -0.15) is 0 Å². The lowest BCUT2D eigenvalue weighted by molar-refractivity contribution is -0.151. The zero-order valence-corrected chi connectivity index (χ0v) is 45.3. The van der Waals surface area contributed by atoms with E-state index in [1.54, 1.807) is 29.2 Å². The third-order valence-electron chi connectivity index (χ3n) is 13.9. The van der Waals surface area contributed by atoms with Crippen LogP contribution in [0.15, 0.2) is 60.7 Å². The normalized spacial score (nSPS) is 25.6. The van der Waals surface area contributed by atoms with E-state index >= 15 is 0 Å². The van der Waals surface area contributed by atoms with Gasteiger partial charge in [0.2, 0.25) is 53.2 Å². The van der Waals surface area contributed by atoms with Crippen molar-refractivity contribution in [1.82, 2.24) is 45.8 Å². The largest absolute Gasteiger partial charge is 0.345 e. The van der Waals surface area contributed by atoms with Crippen LogP contribution < -0.4 is 21.3 Å². The number of nitrogens with one attached hydrogen (secondary N) is 4. The minimum Gasteiger partial charge on any atom is -0.345 e. The third-order valence-corrected chi connectivity index (χ3v) is 13.9. The summed E-state index contributed by atoms with van der Waals surface area (Å²) in [6.45, 7) is 15.2. The minimum absolute atomic E-state index is 0.0139. The van der Waals surface area contributed by atoms with E-state index < -0.39 is 108 Å². The molecular weight excluding hydrogens is 931 g/mol. The van der Waals surface area contributed by atoms with Gasteiger partial charge in [-0.1, -0.05) is 102 Å². The Labute approximate surface area is 433 Å². The van der Waals surface area contributed by atoms with Gasteiger partial charge in [-0.25, -0.2) is 0 Å². The molecule has 18 heteroatoms. The Balaban J connectivity index is 1.87. The highest BCUT2D eigenvalue weighted by Gasteiger charge is 2.42. The van der Waals surface area contributed by atoms with Gasteiger partial charge in [0.15, 0.2) is 0 Å². The highest BCUT2D eigenvalue weighted by molar-refractivity contribution is 5.99. The Morgan fingerprint density at radius 2 is 0.918 bits per heavy atom. The van der Waals surface area contributed by atoms with Gasteiger partial charge in [0, 0.05) is 54.1 Å². The van der Waals surface area contributed by atoms with Gasteiger partial charge in [0.05, 0.1) is 6.42 Å². The third kappa shape index (κ3) is 16.9. The zero-order chi connectivity index (χ0) is 54.3. The molecule has 0 saturated carbocycles. The second-order valence-electron chi connectivity index (χ2n) is 21.4. The van der Waals surface area contributed by atoms with Crippen molar-refractivity contribution in [3.63, 3.8) is 0 Å². The number of rotatable bonds is 11. The molecule has 0 aliphatic carbocycles. The predicted molar refractivity (Wildman–Crippen MR) is 279 cm³/mol. The first-order valence-corrected chi connectivity index (χ1v) is 26.0. The SMILES string of the molecule is CC(C)C[C@@H]1NC(=O)[C@H](C)NC(=O)CC(C(=O)N2CCCCC2)NC(=O)[C@H](Cc2ccccc2)N(C)C(=O)[C@H](CC(C)C)N(C)C(=O)[C@H](C)NC(=O)[C@H](Cc2ccccc2)N(C)C(=O)[C@H](CC(C)C)N(C)C1=O. The number of nitrogens with zero attached hydrogens (tertiary/aromatic N) is 5. The Kier molecular flexibility index (Phi) is 22.4. The molecule has 0 aromatic heterocycles. The molecule has 0 radical (unpaired) electrons. The van der Waals surface area contributed by atoms with Crippen molar-refractivity contribution in [3.05, 3.63) is 71.8 Å². The molecule has 402 valence electrons. The monoisotopic (exact) mass is 1010 g/mol. The van der Waals surface area contributed by atoms with Crippen LogP contribution in [-0.2, 0) is 56.0 Å². The van der Waals surface area contributed by atoms with Crippen LogP contribution in [0.25, 0.3) is 0 Å². The van der Waals surface area contributed by atoms with Gasteiger partial charge < -0.3 is 45.8 Å². The van der Waals surface area contributed by atoms with E-state index in [4.69, 9.17) is 0 Å². The van der Waals surface area contributed by atoms with E-state index in [9.17, 15) is 43.2 Å². The summed E-state index contributed by atoms with van der Waals surface area (Å²) in [6.07, 6.45) is 2.49. The van der Waals surface area contributed by atoms with Crippen molar-refractivity contribution >= 4 is 53.2 Å². The Morgan fingerprint density at radius 1 is 0.493 bits per heavy atom. The lowest BCUT2D eigenvalue weighted by Gasteiger charge is -2.38. The zero-order valence-electron chi connectivity index (χ0n) is 45.3. The molecule has 2 heterocycles. The van der Waals surface area contributed by atoms with Gasteiger partial charge in [-0.15, -0.1) is 0 Å². The molecule has 18 nitrogen and oxygen atoms in total. The molecule has 2 aliphatic heterocycles. The minimum atomic E-state index is -1.39. The van der Waals surface area contributed by atoms with Crippen LogP contribution in [0, 0.1) is 17.8 Å². The summed E-state index contributed by atoms with van der Waals surface area (Å²) in [5.74, 6) is -5.83. The number of benzene rings is 2. The van der Waals surface area contributed by atoms with Crippen LogP contribution in [0.3, 0.4) is 0 Å². The Hall–Kier alpha value is -6.33. The van der Waals surface area contributed by atoms with Gasteiger partial charge in [0.1, 0.15) is 48.3 Å². The fourth-order valence-electron chi connectivity index (χ4n) is 9.58. The highest BCUT2D eigenvalue weighted by Crippen LogP contribution is 2.22. The van der Waals surface area contributed by atoms with E-state index in [-0.39, 0.29) is 49.9 Å². The van der Waals surface area contributed by atoms with Crippen molar-refractivity contribution in [1.29, 1.82) is 0 Å². The van der Waals surface area contributed by atoms with E-state index in [1.807, 2.05) is 77.9 Å². The molecule has 2 aromatic rings. The number of piperidine rings is 1. The number of carbonyl (C=O) groups is 9. The van der Waals surface area contributed by atoms with E-state index in [0.29, 0.717) is 18.7 Å². The molecule has 2 aliphatic rings. The quantitative estimate of drug-likeness (QED) is 0.259. The Morgan fingerprint density at radius 3 is 1.37 bits per heavy atom. The summed E-state index contributed by atoms with van der Waals surface area (Å²) in [5.41, 5.74) is 1.43. The average Bonchev–Trinajstić information content (AvgIpc) is 3.35. The van der Waals surface area contributed by atoms with E-state index in [0.717, 1.165) is 24.8 Å². The molecule has 0 spiro atoms. The van der Waals surface area contributed by atoms with E-state index in [2.05, 4.69) is 21.3 Å². The van der Waals surface area contributed by atoms with Crippen molar-refractivity contribution in [2.24, 2.45) is 17.8 Å². The first-order chi connectivity index (χ1) is 34.4.